The van der Waals surface area contributed by atoms with Crippen molar-refractivity contribution in [3.8, 4) is 0 Å². The zero-order valence-electron chi connectivity index (χ0n) is 11.7. The maximum absolute atomic E-state index is 12.2. The van der Waals surface area contributed by atoms with E-state index in [2.05, 4.69) is 10.0 Å². The molecule has 2 N–H and O–H groups in total. The van der Waals surface area contributed by atoms with E-state index in [0.717, 1.165) is 17.7 Å². The molecule has 0 bridgehead atoms. The van der Waals surface area contributed by atoms with Crippen LogP contribution in [0.15, 0.2) is 23.1 Å². The molecule has 0 saturated heterocycles. The van der Waals surface area contributed by atoms with Gasteiger partial charge in [-0.15, -0.1) is 0 Å². The van der Waals surface area contributed by atoms with E-state index >= 15 is 0 Å². The molecule has 0 aliphatic rings. The Morgan fingerprint density at radius 1 is 1.32 bits per heavy atom. The highest BCUT2D eigenvalue weighted by atomic mass is 32.2. The SMILES string of the molecule is CCNCc1ccc(C)c(S(=O)(=O)NCCOC)c1. The summed E-state index contributed by atoms with van der Waals surface area (Å²) in [5, 5.41) is 3.18. The summed E-state index contributed by atoms with van der Waals surface area (Å²) in [5.74, 6) is 0. The first-order chi connectivity index (χ1) is 9.01. The molecule has 108 valence electrons. The van der Waals surface area contributed by atoms with Gasteiger partial charge in [-0.3, -0.25) is 0 Å². The molecule has 0 heterocycles. The number of ether oxygens (including phenoxy) is 1. The summed E-state index contributed by atoms with van der Waals surface area (Å²) in [6.45, 7) is 5.95. The van der Waals surface area contributed by atoms with Gasteiger partial charge in [-0.1, -0.05) is 19.1 Å². The minimum absolute atomic E-state index is 0.274. The fourth-order valence-electron chi connectivity index (χ4n) is 1.67. The molecule has 0 radical (unpaired) electrons. The van der Waals surface area contributed by atoms with Gasteiger partial charge in [-0.05, 0) is 30.7 Å². The number of benzene rings is 1. The number of aryl methyl sites for hydroxylation is 1. The van der Waals surface area contributed by atoms with E-state index in [1.165, 1.54) is 7.11 Å². The van der Waals surface area contributed by atoms with Crippen molar-refractivity contribution in [3.05, 3.63) is 29.3 Å². The van der Waals surface area contributed by atoms with Gasteiger partial charge in [-0.2, -0.15) is 0 Å². The van der Waals surface area contributed by atoms with Gasteiger partial charge >= 0.3 is 0 Å². The van der Waals surface area contributed by atoms with Gasteiger partial charge in [0.25, 0.3) is 0 Å². The van der Waals surface area contributed by atoms with Crippen LogP contribution in [0.1, 0.15) is 18.1 Å². The van der Waals surface area contributed by atoms with Crippen molar-refractivity contribution in [2.75, 3.05) is 26.8 Å². The van der Waals surface area contributed by atoms with E-state index in [1.54, 1.807) is 13.0 Å². The normalized spacial score (nSPS) is 11.7. The lowest BCUT2D eigenvalue weighted by Crippen LogP contribution is -2.28. The predicted octanol–water partition coefficient (Wildman–Crippen LogP) is 1.03. The zero-order chi connectivity index (χ0) is 14.3. The van der Waals surface area contributed by atoms with Crippen LogP contribution in [0.2, 0.25) is 0 Å². The summed E-state index contributed by atoms with van der Waals surface area (Å²) in [5.41, 5.74) is 1.70. The summed E-state index contributed by atoms with van der Waals surface area (Å²) < 4.78 is 31.7. The molecule has 1 aromatic carbocycles. The van der Waals surface area contributed by atoms with E-state index in [9.17, 15) is 8.42 Å². The number of hydrogen-bond acceptors (Lipinski definition) is 4. The van der Waals surface area contributed by atoms with Crippen LogP contribution < -0.4 is 10.0 Å². The molecule has 0 fully saturated rings. The van der Waals surface area contributed by atoms with E-state index in [-0.39, 0.29) is 6.54 Å². The van der Waals surface area contributed by atoms with Gasteiger partial charge in [0.05, 0.1) is 11.5 Å². The smallest absolute Gasteiger partial charge is 0.240 e. The summed E-state index contributed by atoms with van der Waals surface area (Å²) in [4.78, 5) is 0.332. The Bertz CT molecular complexity index is 501. The molecule has 0 unspecified atom stereocenters. The first-order valence-electron chi connectivity index (χ1n) is 6.30. The molecule has 0 amide bonds. The minimum atomic E-state index is -3.47. The quantitative estimate of drug-likeness (QED) is 0.700. The Morgan fingerprint density at radius 3 is 2.68 bits per heavy atom. The second-order valence-electron chi connectivity index (χ2n) is 4.27. The van der Waals surface area contributed by atoms with Crippen molar-refractivity contribution >= 4 is 10.0 Å². The molecule has 0 aromatic heterocycles. The van der Waals surface area contributed by atoms with E-state index in [4.69, 9.17) is 4.74 Å². The van der Waals surface area contributed by atoms with Crippen LogP contribution in [-0.2, 0) is 21.3 Å². The van der Waals surface area contributed by atoms with Crippen molar-refractivity contribution < 1.29 is 13.2 Å². The second kappa shape index (κ2) is 7.59. The Kier molecular flexibility index (Phi) is 6.44. The molecule has 0 aliphatic carbocycles. The largest absolute Gasteiger partial charge is 0.383 e. The highest BCUT2D eigenvalue weighted by molar-refractivity contribution is 7.89. The Hall–Kier alpha value is -0.950. The van der Waals surface area contributed by atoms with Crippen LogP contribution in [0.3, 0.4) is 0 Å². The topological polar surface area (TPSA) is 67.4 Å². The Morgan fingerprint density at radius 2 is 2.05 bits per heavy atom. The van der Waals surface area contributed by atoms with Crippen LogP contribution in [0.4, 0.5) is 0 Å². The van der Waals surface area contributed by atoms with Crippen LogP contribution in [-0.4, -0.2) is 35.2 Å². The van der Waals surface area contributed by atoms with Gasteiger partial charge in [0.15, 0.2) is 0 Å². The highest BCUT2D eigenvalue weighted by Crippen LogP contribution is 2.16. The van der Waals surface area contributed by atoms with Crippen molar-refractivity contribution in [2.24, 2.45) is 0 Å². The van der Waals surface area contributed by atoms with Crippen LogP contribution in [0, 0.1) is 6.92 Å². The third kappa shape index (κ3) is 4.91. The van der Waals surface area contributed by atoms with E-state index in [1.807, 2.05) is 19.1 Å². The average molecular weight is 286 g/mol. The molecule has 0 aliphatic heterocycles. The lowest BCUT2D eigenvalue weighted by Gasteiger charge is -2.11. The summed E-state index contributed by atoms with van der Waals surface area (Å²) in [6.07, 6.45) is 0. The molecule has 5 nitrogen and oxygen atoms in total. The van der Waals surface area contributed by atoms with Crippen molar-refractivity contribution in [3.63, 3.8) is 0 Å². The number of rotatable bonds is 8. The summed E-state index contributed by atoms with van der Waals surface area (Å²) in [7, 11) is -1.93. The number of methoxy groups -OCH3 is 1. The maximum Gasteiger partial charge on any atom is 0.240 e. The fourth-order valence-corrected chi connectivity index (χ4v) is 2.98. The maximum atomic E-state index is 12.2. The van der Waals surface area contributed by atoms with E-state index in [0.29, 0.717) is 18.0 Å². The van der Waals surface area contributed by atoms with Gasteiger partial charge in [0.1, 0.15) is 0 Å². The first kappa shape index (κ1) is 16.1. The van der Waals surface area contributed by atoms with Gasteiger partial charge < -0.3 is 10.1 Å². The molecule has 0 atom stereocenters. The summed E-state index contributed by atoms with van der Waals surface area (Å²) >= 11 is 0. The molecule has 1 aromatic rings. The molecule has 0 spiro atoms. The minimum Gasteiger partial charge on any atom is -0.383 e. The van der Waals surface area contributed by atoms with Crippen molar-refractivity contribution in [1.82, 2.24) is 10.0 Å². The molecule has 0 saturated carbocycles. The molecule has 6 heteroatoms. The third-order valence-electron chi connectivity index (χ3n) is 2.72. The van der Waals surface area contributed by atoms with Gasteiger partial charge in [-0.25, -0.2) is 13.1 Å². The third-order valence-corrected chi connectivity index (χ3v) is 4.32. The van der Waals surface area contributed by atoms with Crippen LogP contribution >= 0.6 is 0 Å². The molecular weight excluding hydrogens is 264 g/mol. The van der Waals surface area contributed by atoms with Crippen molar-refractivity contribution in [1.29, 1.82) is 0 Å². The average Bonchev–Trinajstić information content (AvgIpc) is 2.37. The predicted molar refractivity (Wildman–Crippen MR) is 75.6 cm³/mol. The van der Waals surface area contributed by atoms with Gasteiger partial charge in [0, 0.05) is 20.2 Å². The lowest BCUT2D eigenvalue weighted by atomic mass is 10.1. The molecule has 19 heavy (non-hydrogen) atoms. The summed E-state index contributed by atoms with van der Waals surface area (Å²) in [6, 6.07) is 5.48. The van der Waals surface area contributed by atoms with Gasteiger partial charge in [0.2, 0.25) is 10.0 Å². The molecular formula is C13H22N2O3S. The van der Waals surface area contributed by atoms with E-state index < -0.39 is 10.0 Å². The Balaban J connectivity index is 2.91. The number of hydrogen-bond donors (Lipinski definition) is 2. The number of nitrogens with one attached hydrogen (secondary N) is 2. The monoisotopic (exact) mass is 286 g/mol. The lowest BCUT2D eigenvalue weighted by molar-refractivity contribution is 0.204. The fraction of sp³-hybridized carbons (Fsp3) is 0.538. The number of sulfonamides is 1. The zero-order valence-corrected chi connectivity index (χ0v) is 12.5. The van der Waals surface area contributed by atoms with Crippen LogP contribution in [0.5, 0.6) is 0 Å². The second-order valence-corrected chi connectivity index (χ2v) is 6.01. The van der Waals surface area contributed by atoms with Crippen LogP contribution in [0.25, 0.3) is 0 Å². The highest BCUT2D eigenvalue weighted by Gasteiger charge is 2.16. The first-order valence-corrected chi connectivity index (χ1v) is 7.78. The molecule has 1 rings (SSSR count). The standard InChI is InChI=1S/C13H22N2O3S/c1-4-14-10-12-6-5-11(2)13(9-12)19(16,17)15-7-8-18-3/h5-6,9,14-15H,4,7-8,10H2,1-3H3. The van der Waals surface area contributed by atoms with Crippen molar-refractivity contribution in [2.45, 2.75) is 25.3 Å². The Labute approximate surface area is 115 Å².